The van der Waals surface area contributed by atoms with Crippen molar-refractivity contribution in [1.29, 1.82) is 0 Å². The van der Waals surface area contributed by atoms with Crippen LogP contribution >= 0.6 is 0 Å². The van der Waals surface area contributed by atoms with Gasteiger partial charge in [-0.05, 0) is 61.4 Å². The molecule has 0 aliphatic carbocycles. The highest BCUT2D eigenvalue weighted by atomic mass is 19.1. The van der Waals surface area contributed by atoms with E-state index in [-0.39, 0.29) is 11.7 Å². The topological polar surface area (TPSA) is 61.0 Å². The van der Waals surface area contributed by atoms with E-state index in [1.54, 1.807) is 12.1 Å². The lowest BCUT2D eigenvalue weighted by Gasteiger charge is -2.17. The quantitative estimate of drug-likeness (QED) is 0.746. The normalized spacial score (nSPS) is 13.8. The molecule has 132 valence electrons. The predicted octanol–water partition coefficient (Wildman–Crippen LogP) is 4.07. The molecule has 0 atom stereocenters. The Morgan fingerprint density at radius 3 is 2.42 bits per heavy atom. The lowest BCUT2D eigenvalue weighted by atomic mass is 10.1. The highest BCUT2D eigenvalue weighted by molar-refractivity contribution is 6.08. The van der Waals surface area contributed by atoms with Crippen molar-refractivity contribution in [2.24, 2.45) is 0 Å². The summed E-state index contributed by atoms with van der Waals surface area (Å²) in [6, 6.07) is 13.8. The molecule has 26 heavy (non-hydrogen) atoms. The zero-order valence-corrected chi connectivity index (χ0v) is 14.2. The van der Waals surface area contributed by atoms with Gasteiger partial charge in [-0.25, -0.2) is 4.39 Å². The highest BCUT2D eigenvalue weighted by Crippen LogP contribution is 2.24. The Bertz CT molecular complexity index is 896. The maximum atomic E-state index is 13.1. The summed E-state index contributed by atoms with van der Waals surface area (Å²) < 4.78 is 13.1. The Morgan fingerprint density at radius 1 is 1.04 bits per heavy atom. The monoisotopic (exact) mass is 350 g/mol. The van der Waals surface area contributed by atoms with Crippen LogP contribution < -0.4 is 10.2 Å². The Kier molecular flexibility index (Phi) is 4.39. The first-order chi connectivity index (χ1) is 12.7. The third-order valence-electron chi connectivity index (χ3n) is 4.61. The number of amides is 1. The summed E-state index contributed by atoms with van der Waals surface area (Å²) in [5, 5.41) is 9.67. The summed E-state index contributed by atoms with van der Waals surface area (Å²) in [7, 11) is 0. The second kappa shape index (κ2) is 7.00. The summed E-state index contributed by atoms with van der Waals surface area (Å²) in [6.07, 6.45) is 3.93. The average Bonchev–Trinajstić information content (AvgIpc) is 3.35. The minimum absolute atomic E-state index is 0.257. The molecule has 2 heterocycles. The molecule has 1 aliphatic rings. The number of halogens is 1. The zero-order valence-electron chi connectivity index (χ0n) is 14.2. The summed E-state index contributed by atoms with van der Waals surface area (Å²) in [6.45, 7) is 2.17. The van der Waals surface area contributed by atoms with Gasteiger partial charge in [-0.2, -0.15) is 5.10 Å². The number of rotatable bonds is 4. The van der Waals surface area contributed by atoms with Crippen molar-refractivity contribution in [1.82, 2.24) is 10.2 Å². The van der Waals surface area contributed by atoms with Gasteiger partial charge in [-0.3, -0.25) is 9.89 Å². The van der Waals surface area contributed by atoms with Crippen LogP contribution in [0.15, 0.2) is 54.7 Å². The van der Waals surface area contributed by atoms with Crippen LogP contribution in [0.3, 0.4) is 0 Å². The van der Waals surface area contributed by atoms with Crippen LogP contribution in [0.2, 0.25) is 0 Å². The Hall–Kier alpha value is -3.15. The number of anilines is 2. The van der Waals surface area contributed by atoms with Crippen LogP contribution in [0, 0.1) is 5.82 Å². The van der Waals surface area contributed by atoms with E-state index < -0.39 is 0 Å². The fraction of sp³-hybridized carbons (Fsp3) is 0.200. The number of hydrogen-bond donors (Lipinski definition) is 2. The molecule has 2 N–H and O–H groups in total. The van der Waals surface area contributed by atoms with Gasteiger partial charge in [0.2, 0.25) is 0 Å². The van der Waals surface area contributed by atoms with Gasteiger partial charge in [-0.1, -0.05) is 0 Å². The maximum absolute atomic E-state index is 13.1. The summed E-state index contributed by atoms with van der Waals surface area (Å²) >= 11 is 0. The standard InChI is InChI=1S/C20H19FN4O/c21-15-5-3-14(4-6-15)19-18(13-22-24-19)20(26)23-16-7-9-17(10-8-16)25-11-1-2-12-25/h3-10,13H,1-2,11-12H2,(H,22,24)(H,23,26). The fourth-order valence-electron chi connectivity index (χ4n) is 3.22. The molecule has 0 spiro atoms. The van der Waals surface area contributed by atoms with Crippen LogP contribution in [0.5, 0.6) is 0 Å². The molecule has 2 aromatic carbocycles. The molecule has 1 amide bonds. The number of aromatic nitrogens is 2. The van der Waals surface area contributed by atoms with E-state index in [0.29, 0.717) is 16.8 Å². The first-order valence-corrected chi connectivity index (χ1v) is 8.66. The number of carbonyl (C=O) groups excluding carboxylic acids is 1. The average molecular weight is 350 g/mol. The second-order valence-electron chi connectivity index (χ2n) is 6.36. The molecule has 5 nitrogen and oxygen atoms in total. The van der Waals surface area contributed by atoms with Crippen molar-refractivity contribution in [3.63, 3.8) is 0 Å². The van der Waals surface area contributed by atoms with Crippen molar-refractivity contribution in [2.45, 2.75) is 12.8 Å². The largest absolute Gasteiger partial charge is 0.372 e. The van der Waals surface area contributed by atoms with Gasteiger partial charge < -0.3 is 10.2 Å². The Balaban J connectivity index is 1.50. The number of carbonyl (C=O) groups is 1. The molecule has 0 bridgehead atoms. The predicted molar refractivity (Wildman–Crippen MR) is 99.8 cm³/mol. The minimum atomic E-state index is -0.322. The lowest BCUT2D eigenvalue weighted by Crippen LogP contribution is -2.17. The van der Waals surface area contributed by atoms with Crippen LogP contribution in [0.4, 0.5) is 15.8 Å². The van der Waals surface area contributed by atoms with Crippen LogP contribution in [-0.4, -0.2) is 29.2 Å². The third-order valence-corrected chi connectivity index (χ3v) is 4.61. The van der Waals surface area contributed by atoms with E-state index in [0.717, 1.165) is 18.8 Å². The van der Waals surface area contributed by atoms with Crippen molar-refractivity contribution in [3.8, 4) is 11.3 Å². The van der Waals surface area contributed by atoms with Gasteiger partial charge in [0, 0.05) is 30.0 Å². The van der Waals surface area contributed by atoms with Crippen molar-refractivity contribution < 1.29 is 9.18 Å². The minimum Gasteiger partial charge on any atom is -0.372 e. The summed E-state index contributed by atoms with van der Waals surface area (Å²) in [5.74, 6) is -0.579. The van der Waals surface area contributed by atoms with E-state index in [1.165, 1.54) is 36.9 Å². The number of nitrogens with one attached hydrogen (secondary N) is 2. The first-order valence-electron chi connectivity index (χ1n) is 8.66. The molecule has 1 fully saturated rings. The van der Waals surface area contributed by atoms with E-state index in [1.807, 2.05) is 24.3 Å². The second-order valence-corrected chi connectivity index (χ2v) is 6.36. The molecule has 1 aliphatic heterocycles. The summed E-state index contributed by atoms with van der Waals surface area (Å²) in [4.78, 5) is 15.0. The van der Waals surface area contributed by atoms with Gasteiger partial charge in [0.1, 0.15) is 5.82 Å². The van der Waals surface area contributed by atoms with E-state index in [4.69, 9.17) is 0 Å². The van der Waals surface area contributed by atoms with Crippen LogP contribution in [0.1, 0.15) is 23.2 Å². The number of benzene rings is 2. The third kappa shape index (κ3) is 3.31. The maximum Gasteiger partial charge on any atom is 0.259 e. The number of hydrogen-bond acceptors (Lipinski definition) is 3. The van der Waals surface area contributed by atoms with E-state index in [2.05, 4.69) is 20.4 Å². The molecular formula is C20H19FN4O. The first kappa shape index (κ1) is 16.3. The molecule has 6 heteroatoms. The number of H-pyrrole nitrogens is 1. The molecule has 0 unspecified atom stereocenters. The zero-order chi connectivity index (χ0) is 17.9. The van der Waals surface area contributed by atoms with Crippen LogP contribution in [-0.2, 0) is 0 Å². The molecule has 4 rings (SSSR count). The number of aromatic amines is 1. The fourth-order valence-corrected chi connectivity index (χ4v) is 3.22. The molecule has 1 saturated heterocycles. The van der Waals surface area contributed by atoms with Crippen molar-refractivity contribution >= 4 is 17.3 Å². The van der Waals surface area contributed by atoms with Gasteiger partial charge in [0.25, 0.3) is 5.91 Å². The lowest BCUT2D eigenvalue weighted by molar-refractivity contribution is 0.102. The number of nitrogens with zero attached hydrogens (tertiary/aromatic N) is 2. The van der Waals surface area contributed by atoms with Gasteiger partial charge >= 0.3 is 0 Å². The Morgan fingerprint density at radius 2 is 1.73 bits per heavy atom. The van der Waals surface area contributed by atoms with Crippen molar-refractivity contribution in [2.75, 3.05) is 23.3 Å². The molecular weight excluding hydrogens is 331 g/mol. The smallest absolute Gasteiger partial charge is 0.259 e. The molecule has 0 radical (unpaired) electrons. The van der Waals surface area contributed by atoms with E-state index in [9.17, 15) is 9.18 Å². The molecule has 3 aromatic rings. The highest BCUT2D eigenvalue weighted by Gasteiger charge is 2.16. The van der Waals surface area contributed by atoms with Gasteiger partial charge in [-0.15, -0.1) is 0 Å². The van der Waals surface area contributed by atoms with Gasteiger partial charge in [0.05, 0.1) is 17.5 Å². The molecule has 1 aromatic heterocycles. The van der Waals surface area contributed by atoms with Gasteiger partial charge in [0.15, 0.2) is 0 Å². The SMILES string of the molecule is O=C(Nc1ccc(N2CCCC2)cc1)c1cn[nH]c1-c1ccc(F)cc1. The van der Waals surface area contributed by atoms with Crippen LogP contribution in [0.25, 0.3) is 11.3 Å². The summed E-state index contributed by atoms with van der Waals surface area (Å²) in [5.41, 5.74) is 3.59. The van der Waals surface area contributed by atoms with Crippen molar-refractivity contribution in [3.05, 3.63) is 66.1 Å². The van der Waals surface area contributed by atoms with E-state index >= 15 is 0 Å². The molecule has 0 saturated carbocycles. The Labute approximate surface area is 150 Å².